The number of carbonyl (C=O) groups is 3. The number of hydrogen-bond acceptors (Lipinski definition) is 6. The van der Waals surface area contributed by atoms with E-state index in [9.17, 15) is 14.4 Å². The van der Waals surface area contributed by atoms with Crippen molar-refractivity contribution in [1.29, 1.82) is 0 Å². The Balaban J connectivity index is 1.42. The summed E-state index contributed by atoms with van der Waals surface area (Å²) in [5.74, 6) is 0.555. The first-order valence-electron chi connectivity index (χ1n) is 12.4. The minimum absolute atomic E-state index is 0.240. The smallest absolute Gasteiger partial charge is 0.294 e. The van der Waals surface area contributed by atoms with Gasteiger partial charge in [0.2, 0.25) is 5.91 Å². The first-order chi connectivity index (χ1) is 18.3. The lowest BCUT2D eigenvalue weighted by atomic mass is 10.0. The number of benzene rings is 3. The lowest BCUT2D eigenvalue weighted by molar-refractivity contribution is -0.127. The number of anilines is 1. The van der Waals surface area contributed by atoms with Gasteiger partial charge in [-0.1, -0.05) is 62.4 Å². The van der Waals surface area contributed by atoms with Gasteiger partial charge in [-0.15, -0.1) is 0 Å². The van der Waals surface area contributed by atoms with Crippen molar-refractivity contribution < 1.29 is 23.9 Å². The number of nitrogens with zero attached hydrogens (tertiary/aromatic N) is 1. The van der Waals surface area contributed by atoms with Crippen molar-refractivity contribution in [2.24, 2.45) is 0 Å². The summed E-state index contributed by atoms with van der Waals surface area (Å²) in [4.78, 5) is 39.2. The molecule has 0 aliphatic carbocycles. The summed E-state index contributed by atoms with van der Waals surface area (Å²) in [5, 5.41) is 2.26. The highest BCUT2D eigenvalue weighted by Crippen LogP contribution is 2.35. The fourth-order valence-corrected chi connectivity index (χ4v) is 4.66. The quantitative estimate of drug-likeness (QED) is 0.303. The third-order valence-electron chi connectivity index (χ3n) is 5.84. The SMILES string of the molecule is CCOc1cc(/C=C2/SC(=O)N(CC(=O)Nc3ccc(C(C)C)cc3)C2=O)ccc1OCc1ccccc1. The lowest BCUT2D eigenvalue weighted by Gasteiger charge is -2.13. The minimum atomic E-state index is -0.507. The molecular formula is C30H30N2O5S. The second-order valence-electron chi connectivity index (χ2n) is 9.01. The van der Waals surface area contributed by atoms with Crippen molar-refractivity contribution in [3.8, 4) is 11.5 Å². The molecule has 7 nitrogen and oxygen atoms in total. The van der Waals surface area contributed by atoms with Crippen LogP contribution in [0.1, 0.15) is 43.4 Å². The van der Waals surface area contributed by atoms with Crippen LogP contribution in [-0.2, 0) is 16.2 Å². The summed E-state index contributed by atoms with van der Waals surface area (Å²) in [5.41, 5.74) is 3.48. The Labute approximate surface area is 226 Å². The molecule has 0 spiro atoms. The monoisotopic (exact) mass is 530 g/mol. The highest BCUT2D eigenvalue weighted by molar-refractivity contribution is 8.18. The first-order valence-corrected chi connectivity index (χ1v) is 13.2. The van der Waals surface area contributed by atoms with Crippen LogP contribution >= 0.6 is 11.8 Å². The summed E-state index contributed by atoms with van der Waals surface area (Å²) in [7, 11) is 0. The maximum Gasteiger partial charge on any atom is 0.294 e. The van der Waals surface area contributed by atoms with Crippen LogP contribution in [0, 0.1) is 0 Å². The zero-order valence-corrected chi connectivity index (χ0v) is 22.4. The van der Waals surface area contributed by atoms with Gasteiger partial charge < -0.3 is 14.8 Å². The molecule has 3 aromatic carbocycles. The van der Waals surface area contributed by atoms with Crippen molar-refractivity contribution in [1.82, 2.24) is 4.90 Å². The molecule has 3 amide bonds. The van der Waals surface area contributed by atoms with Gasteiger partial charge in [0, 0.05) is 5.69 Å². The molecule has 0 aromatic heterocycles. The molecule has 1 aliphatic rings. The standard InChI is InChI=1S/C30H30N2O5S/c1-4-36-26-16-22(10-15-25(26)37-19-21-8-6-5-7-9-21)17-27-29(34)32(30(35)38-27)18-28(33)31-24-13-11-23(12-14-24)20(2)3/h5-17,20H,4,18-19H2,1-3H3,(H,31,33)/b27-17+. The number of hydrogen-bond donors (Lipinski definition) is 1. The molecule has 3 aromatic rings. The zero-order chi connectivity index (χ0) is 27.1. The maximum atomic E-state index is 12.9. The van der Waals surface area contributed by atoms with Crippen molar-refractivity contribution in [3.63, 3.8) is 0 Å². The number of amides is 3. The minimum Gasteiger partial charge on any atom is -0.490 e. The van der Waals surface area contributed by atoms with E-state index in [1.54, 1.807) is 24.3 Å². The Morgan fingerprint density at radius 3 is 2.39 bits per heavy atom. The van der Waals surface area contributed by atoms with Gasteiger partial charge >= 0.3 is 0 Å². The summed E-state index contributed by atoms with van der Waals surface area (Å²) in [6, 6.07) is 22.7. The average Bonchev–Trinajstić information content (AvgIpc) is 3.16. The molecule has 196 valence electrons. The van der Waals surface area contributed by atoms with Crippen LogP contribution in [0.5, 0.6) is 11.5 Å². The summed E-state index contributed by atoms with van der Waals surface area (Å²) in [6.07, 6.45) is 1.62. The van der Waals surface area contributed by atoms with Crippen LogP contribution in [0.4, 0.5) is 10.5 Å². The number of thioether (sulfide) groups is 1. The largest absolute Gasteiger partial charge is 0.490 e. The molecule has 0 unspecified atom stereocenters. The van der Waals surface area contributed by atoms with E-state index in [2.05, 4.69) is 19.2 Å². The third kappa shape index (κ3) is 6.83. The Bertz CT molecular complexity index is 1340. The van der Waals surface area contributed by atoms with Gasteiger partial charge in [-0.2, -0.15) is 0 Å². The number of nitrogens with one attached hydrogen (secondary N) is 1. The Hall–Kier alpha value is -4.04. The van der Waals surface area contributed by atoms with E-state index in [0.29, 0.717) is 41.9 Å². The predicted octanol–water partition coefficient (Wildman–Crippen LogP) is 6.46. The molecule has 1 fully saturated rings. The Morgan fingerprint density at radius 1 is 0.974 bits per heavy atom. The lowest BCUT2D eigenvalue weighted by Crippen LogP contribution is -2.36. The molecule has 0 atom stereocenters. The molecule has 38 heavy (non-hydrogen) atoms. The molecule has 0 radical (unpaired) electrons. The fourth-order valence-electron chi connectivity index (χ4n) is 3.82. The molecule has 0 saturated carbocycles. The van der Waals surface area contributed by atoms with Crippen LogP contribution in [-0.4, -0.2) is 35.1 Å². The van der Waals surface area contributed by atoms with Gasteiger partial charge in [-0.25, -0.2) is 0 Å². The fraction of sp³-hybridized carbons (Fsp3) is 0.233. The van der Waals surface area contributed by atoms with E-state index in [0.717, 1.165) is 27.8 Å². The van der Waals surface area contributed by atoms with Crippen LogP contribution < -0.4 is 14.8 Å². The highest BCUT2D eigenvalue weighted by atomic mass is 32.2. The van der Waals surface area contributed by atoms with Crippen LogP contribution in [0.15, 0.2) is 77.7 Å². The normalized spacial score (nSPS) is 14.3. The topological polar surface area (TPSA) is 84.9 Å². The van der Waals surface area contributed by atoms with Crippen LogP contribution in [0.3, 0.4) is 0 Å². The van der Waals surface area contributed by atoms with E-state index < -0.39 is 17.1 Å². The van der Waals surface area contributed by atoms with Gasteiger partial charge in [0.1, 0.15) is 13.2 Å². The second kappa shape index (κ2) is 12.5. The number of ether oxygens (including phenoxy) is 2. The molecule has 1 N–H and O–H groups in total. The van der Waals surface area contributed by atoms with Gasteiger partial charge in [0.15, 0.2) is 11.5 Å². The van der Waals surface area contributed by atoms with E-state index in [-0.39, 0.29) is 11.4 Å². The van der Waals surface area contributed by atoms with Gasteiger partial charge in [-0.05, 0) is 71.6 Å². The van der Waals surface area contributed by atoms with Crippen LogP contribution in [0.25, 0.3) is 6.08 Å². The number of imide groups is 1. The predicted molar refractivity (Wildman–Crippen MR) is 150 cm³/mol. The van der Waals surface area contributed by atoms with Gasteiger partial charge in [0.05, 0.1) is 11.5 Å². The molecule has 1 saturated heterocycles. The van der Waals surface area contributed by atoms with E-state index in [4.69, 9.17) is 9.47 Å². The number of rotatable bonds is 10. The molecule has 0 bridgehead atoms. The van der Waals surface area contributed by atoms with E-state index in [1.807, 2.05) is 61.5 Å². The van der Waals surface area contributed by atoms with Crippen molar-refractivity contribution in [2.75, 3.05) is 18.5 Å². The summed E-state index contributed by atoms with van der Waals surface area (Å²) in [6.45, 7) is 6.53. The Kier molecular flexibility index (Phi) is 8.86. The molecular weight excluding hydrogens is 500 g/mol. The Morgan fingerprint density at radius 2 is 1.71 bits per heavy atom. The third-order valence-corrected chi connectivity index (χ3v) is 6.75. The average molecular weight is 531 g/mol. The number of carbonyl (C=O) groups excluding carboxylic acids is 3. The summed E-state index contributed by atoms with van der Waals surface area (Å²) >= 11 is 0.807. The summed E-state index contributed by atoms with van der Waals surface area (Å²) < 4.78 is 11.7. The van der Waals surface area contributed by atoms with Gasteiger partial charge in [0.25, 0.3) is 11.1 Å². The van der Waals surface area contributed by atoms with E-state index in [1.165, 1.54) is 0 Å². The molecule has 4 rings (SSSR count). The molecule has 1 aliphatic heterocycles. The van der Waals surface area contributed by atoms with Gasteiger partial charge in [-0.3, -0.25) is 19.3 Å². The first kappa shape index (κ1) is 27.0. The molecule has 1 heterocycles. The van der Waals surface area contributed by atoms with Crippen LogP contribution in [0.2, 0.25) is 0 Å². The highest BCUT2D eigenvalue weighted by Gasteiger charge is 2.36. The van der Waals surface area contributed by atoms with Crippen molar-refractivity contribution >= 4 is 40.6 Å². The van der Waals surface area contributed by atoms with Crippen molar-refractivity contribution in [2.45, 2.75) is 33.3 Å². The van der Waals surface area contributed by atoms with E-state index >= 15 is 0 Å². The second-order valence-corrected chi connectivity index (χ2v) is 10.00. The zero-order valence-electron chi connectivity index (χ0n) is 21.6. The maximum absolute atomic E-state index is 12.9. The molecule has 8 heteroatoms. The van der Waals surface area contributed by atoms with Crippen molar-refractivity contribution in [3.05, 3.63) is 94.4 Å².